The Labute approximate surface area is 114 Å². The first-order valence-electron chi connectivity index (χ1n) is 7.29. The highest BCUT2D eigenvalue weighted by Gasteiger charge is 2.37. The third-order valence-electron chi connectivity index (χ3n) is 4.82. The van der Waals surface area contributed by atoms with Crippen LogP contribution in [-0.4, -0.2) is 18.2 Å². The zero-order valence-corrected chi connectivity index (χ0v) is 11.7. The fraction of sp³-hybridized carbons (Fsp3) is 0.625. The maximum Gasteiger partial charge on any atom is 0.126 e. The van der Waals surface area contributed by atoms with E-state index in [9.17, 15) is 9.50 Å². The van der Waals surface area contributed by atoms with E-state index in [2.05, 4.69) is 4.90 Å². The van der Waals surface area contributed by atoms with Crippen LogP contribution in [0.25, 0.3) is 0 Å². The maximum absolute atomic E-state index is 13.7. The molecular formula is C16H22FNO. The van der Waals surface area contributed by atoms with Gasteiger partial charge in [-0.1, -0.05) is 6.42 Å². The smallest absolute Gasteiger partial charge is 0.126 e. The minimum absolute atomic E-state index is 0.223. The minimum Gasteiger partial charge on any atom is -0.389 e. The van der Waals surface area contributed by atoms with Crippen LogP contribution in [0.15, 0.2) is 12.1 Å². The van der Waals surface area contributed by atoms with E-state index >= 15 is 0 Å². The molecule has 2 aliphatic rings. The number of fused-ring (bicyclic) bond motifs is 1. The zero-order valence-electron chi connectivity index (χ0n) is 11.7. The second-order valence-corrected chi connectivity index (χ2v) is 6.19. The molecule has 0 amide bonds. The van der Waals surface area contributed by atoms with Crippen LogP contribution in [0.1, 0.15) is 43.4 Å². The summed E-state index contributed by atoms with van der Waals surface area (Å²) in [6.45, 7) is 5.64. The lowest BCUT2D eigenvalue weighted by atomic mass is 10.0. The van der Waals surface area contributed by atoms with Crippen LogP contribution >= 0.6 is 0 Å². The molecule has 104 valence electrons. The van der Waals surface area contributed by atoms with Gasteiger partial charge in [0, 0.05) is 24.3 Å². The number of rotatable bonds is 2. The summed E-state index contributed by atoms with van der Waals surface area (Å²) in [4.78, 5) is 2.35. The largest absolute Gasteiger partial charge is 0.389 e. The number of aliphatic hydroxyl groups is 1. The SMILES string of the molecule is Cc1cc(N2CC3CCCC3C2)c(C(C)O)cc1F. The van der Waals surface area contributed by atoms with E-state index in [0.29, 0.717) is 5.56 Å². The Kier molecular flexibility index (Phi) is 3.25. The molecule has 1 N–H and O–H groups in total. The predicted octanol–water partition coefficient (Wildman–Crippen LogP) is 3.42. The van der Waals surface area contributed by atoms with Crippen LogP contribution in [0.2, 0.25) is 0 Å². The molecule has 0 radical (unpaired) electrons. The second kappa shape index (κ2) is 4.78. The van der Waals surface area contributed by atoms with Crippen molar-refractivity contribution >= 4 is 5.69 Å². The van der Waals surface area contributed by atoms with E-state index in [4.69, 9.17) is 0 Å². The van der Waals surface area contributed by atoms with Crippen molar-refractivity contribution in [1.29, 1.82) is 0 Å². The van der Waals surface area contributed by atoms with Gasteiger partial charge in [-0.15, -0.1) is 0 Å². The fourth-order valence-electron chi connectivity index (χ4n) is 3.72. The van der Waals surface area contributed by atoms with Crippen LogP contribution in [-0.2, 0) is 0 Å². The first-order chi connectivity index (χ1) is 9.06. The Morgan fingerprint density at radius 2 is 1.89 bits per heavy atom. The van der Waals surface area contributed by atoms with Gasteiger partial charge in [0.25, 0.3) is 0 Å². The summed E-state index contributed by atoms with van der Waals surface area (Å²) in [7, 11) is 0. The van der Waals surface area contributed by atoms with Gasteiger partial charge in [0.2, 0.25) is 0 Å². The average Bonchev–Trinajstić information content (AvgIpc) is 2.92. The van der Waals surface area contributed by atoms with Crippen molar-refractivity contribution in [1.82, 2.24) is 0 Å². The first kappa shape index (κ1) is 12.9. The van der Waals surface area contributed by atoms with Crippen LogP contribution in [0.5, 0.6) is 0 Å². The number of halogens is 1. The van der Waals surface area contributed by atoms with Gasteiger partial charge in [-0.3, -0.25) is 0 Å². The molecule has 1 saturated heterocycles. The summed E-state index contributed by atoms with van der Waals surface area (Å²) >= 11 is 0. The molecule has 1 aliphatic heterocycles. The molecular weight excluding hydrogens is 241 g/mol. The highest BCUT2D eigenvalue weighted by atomic mass is 19.1. The molecule has 1 aromatic carbocycles. The molecule has 1 heterocycles. The third kappa shape index (κ3) is 2.25. The van der Waals surface area contributed by atoms with Crippen molar-refractivity contribution in [3.63, 3.8) is 0 Å². The molecule has 1 aromatic rings. The summed E-state index contributed by atoms with van der Waals surface area (Å²) in [5.41, 5.74) is 2.42. The topological polar surface area (TPSA) is 23.5 Å². The van der Waals surface area contributed by atoms with Gasteiger partial charge in [0.05, 0.1) is 6.10 Å². The highest BCUT2D eigenvalue weighted by molar-refractivity contribution is 5.57. The van der Waals surface area contributed by atoms with E-state index in [-0.39, 0.29) is 5.82 Å². The van der Waals surface area contributed by atoms with Crippen molar-refractivity contribution in [2.45, 2.75) is 39.2 Å². The molecule has 3 heteroatoms. The van der Waals surface area contributed by atoms with E-state index in [1.54, 1.807) is 13.8 Å². The summed E-state index contributed by atoms with van der Waals surface area (Å²) in [5, 5.41) is 9.89. The van der Waals surface area contributed by atoms with Gasteiger partial charge in [0.1, 0.15) is 5.82 Å². The molecule has 0 bridgehead atoms. The summed E-state index contributed by atoms with van der Waals surface area (Å²) in [6, 6.07) is 3.40. The number of aliphatic hydroxyl groups excluding tert-OH is 1. The van der Waals surface area contributed by atoms with Crippen molar-refractivity contribution in [2.24, 2.45) is 11.8 Å². The number of nitrogens with zero attached hydrogens (tertiary/aromatic N) is 1. The molecule has 0 spiro atoms. The number of aryl methyl sites for hydroxylation is 1. The summed E-state index contributed by atoms with van der Waals surface area (Å²) in [5.74, 6) is 1.37. The van der Waals surface area contributed by atoms with E-state index < -0.39 is 6.10 Å². The number of benzene rings is 1. The molecule has 0 aromatic heterocycles. The molecule has 2 fully saturated rings. The molecule has 19 heavy (non-hydrogen) atoms. The van der Waals surface area contributed by atoms with Gasteiger partial charge in [-0.25, -0.2) is 4.39 Å². The fourth-order valence-corrected chi connectivity index (χ4v) is 3.72. The number of anilines is 1. The van der Waals surface area contributed by atoms with Gasteiger partial charge in [-0.2, -0.15) is 0 Å². The lowest BCUT2D eigenvalue weighted by Crippen LogP contribution is -2.23. The van der Waals surface area contributed by atoms with Gasteiger partial charge < -0.3 is 10.0 Å². The molecule has 3 rings (SSSR count). The van der Waals surface area contributed by atoms with Gasteiger partial charge in [-0.05, 0) is 56.2 Å². The highest BCUT2D eigenvalue weighted by Crippen LogP contribution is 2.41. The number of hydrogen-bond acceptors (Lipinski definition) is 2. The number of hydrogen-bond donors (Lipinski definition) is 1. The standard InChI is InChI=1S/C16H22FNO/c1-10-6-16(14(11(2)19)7-15(10)17)18-8-12-4-3-5-13(12)9-18/h6-7,11-13,19H,3-5,8-9H2,1-2H3. The van der Waals surface area contributed by atoms with Gasteiger partial charge in [0.15, 0.2) is 0 Å². The lowest BCUT2D eigenvalue weighted by molar-refractivity contribution is 0.199. The van der Waals surface area contributed by atoms with Gasteiger partial charge >= 0.3 is 0 Å². The van der Waals surface area contributed by atoms with Crippen LogP contribution in [0.4, 0.5) is 10.1 Å². The third-order valence-corrected chi connectivity index (χ3v) is 4.82. The molecule has 3 unspecified atom stereocenters. The van der Waals surface area contributed by atoms with Crippen molar-refractivity contribution in [2.75, 3.05) is 18.0 Å². The Hall–Kier alpha value is -1.09. The van der Waals surface area contributed by atoms with E-state index in [0.717, 1.165) is 36.2 Å². The van der Waals surface area contributed by atoms with Crippen LogP contribution in [0.3, 0.4) is 0 Å². The molecule has 1 aliphatic carbocycles. The van der Waals surface area contributed by atoms with E-state index in [1.165, 1.54) is 25.3 Å². The zero-order chi connectivity index (χ0) is 13.6. The molecule has 2 nitrogen and oxygen atoms in total. The molecule has 3 atom stereocenters. The van der Waals surface area contributed by atoms with Crippen molar-refractivity contribution in [3.8, 4) is 0 Å². The summed E-state index contributed by atoms with van der Waals surface area (Å²) in [6.07, 6.45) is 3.39. The Bertz CT molecular complexity index is 474. The minimum atomic E-state index is -0.620. The van der Waals surface area contributed by atoms with E-state index in [1.807, 2.05) is 6.07 Å². The Morgan fingerprint density at radius 1 is 1.26 bits per heavy atom. The van der Waals surface area contributed by atoms with Crippen LogP contribution in [0, 0.1) is 24.6 Å². The second-order valence-electron chi connectivity index (χ2n) is 6.19. The molecule has 1 saturated carbocycles. The quantitative estimate of drug-likeness (QED) is 0.883. The maximum atomic E-state index is 13.7. The predicted molar refractivity (Wildman–Crippen MR) is 74.8 cm³/mol. The van der Waals surface area contributed by atoms with Crippen LogP contribution < -0.4 is 4.90 Å². The average molecular weight is 263 g/mol. The summed E-state index contributed by atoms with van der Waals surface area (Å²) < 4.78 is 13.7. The Morgan fingerprint density at radius 3 is 2.47 bits per heavy atom. The Balaban J connectivity index is 1.93. The monoisotopic (exact) mass is 263 g/mol. The van der Waals surface area contributed by atoms with Crippen molar-refractivity contribution in [3.05, 3.63) is 29.1 Å². The van der Waals surface area contributed by atoms with Crippen molar-refractivity contribution < 1.29 is 9.50 Å². The lowest BCUT2D eigenvalue weighted by Gasteiger charge is -2.25. The normalized spacial score (nSPS) is 27.7. The first-order valence-corrected chi connectivity index (χ1v) is 7.29.